The highest BCUT2D eigenvalue weighted by atomic mass is 79.9. The smallest absolute Gasteiger partial charge is 0.101 e. The second-order valence-corrected chi connectivity index (χ2v) is 5.88. The van der Waals surface area contributed by atoms with Crippen molar-refractivity contribution in [2.24, 2.45) is 0 Å². The van der Waals surface area contributed by atoms with Crippen LogP contribution in [0.25, 0.3) is 0 Å². The van der Waals surface area contributed by atoms with Crippen LogP contribution in [-0.4, -0.2) is 32.2 Å². The third kappa shape index (κ3) is 5.61. The van der Waals surface area contributed by atoms with Crippen molar-refractivity contribution in [2.45, 2.75) is 22.8 Å². The van der Waals surface area contributed by atoms with Crippen molar-refractivity contribution in [1.82, 2.24) is 0 Å². The van der Waals surface area contributed by atoms with E-state index in [0.717, 1.165) is 0 Å². The molecule has 0 saturated carbocycles. The summed E-state index contributed by atoms with van der Waals surface area (Å²) in [6.45, 7) is 1.55. The summed E-state index contributed by atoms with van der Waals surface area (Å²) in [7, 11) is 0. The molecule has 0 aliphatic heterocycles. The third-order valence-corrected chi connectivity index (χ3v) is 5.01. The van der Waals surface area contributed by atoms with E-state index < -0.39 is 15.9 Å². The molecular weight excluding hydrogens is 358 g/mol. The normalized spacial score (nSPS) is 22.2. The lowest BCUT2D eigenvalue weighted by molar-refractivity contribution is 0.119. The van der Waals surface area contributed by atoms with E-state index in [9.17, 15) is 5.11 Å². The summed E-state index contributed by atoms with van der Waals surface area (Å²) in [5.41, 5.74) is -0.000562. The van der Waals surface area contributed by atoms with Gasteiger partial charge < -0.3 is 5.11 Å². The van der Waals surface area contributed by atoms with Crippen LogP contribution in [0, 0.1) is 0 Å². The highest BCUT2D eigenvalue weighted by Crippen LogP contribution is 2.25. The standard InChI is InChI=1S/C10H13BrCl4O/c1-9(16,4-5-12)8(14)2-3-10(15,6-11)7-13/h2-5,8,16H,6-7H2,1H3/b3-2+,5-4+/t8-,9-,10+/m1/s1. The van der Waals surface area contributed by atoms with Gasteiger partial charge in [0.15, 0.2) is 0 Å². The summed E-state index contributed by atoms with van der Waals surface area (Å²) < 4.78 is 0. The summed E-state index contributed by atoms with van der Waals surface area (Å²) in [4.78, 5) is -0.699. The minimum absolute atomic E-state index is 0.243. The molecule has 0 saturated heterocycles. The molecule has 0 amide bonds. The second-order valence-electron chi connectivity index (χ2n) is 3.58. The Labute approximate surface area is 125 Å². The van der Waals surface area contributed by atoms with Gasteiger partial charge in [0.2, 0.25) is 0 Å². The maximum atomic E-state index is 9.88. The number of hydrogen-bond donors (Lipinski definition) is 1. The molecule has 0 aromatic rings. The topological polar surface area (TPSA) is 20.2 Å². The van der Waals surface area contributed by atoms with Crippen molar-refractivity contribution in [2.75, 3.05) is 11.2 Å². The van der Waals surface area contributed by atoms with Gasteiger partial charge >= 0.3 is 0 Å². The van der Waals surface area contributed by atoms with Crippen LogP contribution in [0.4, 0.5) is 0 Å². The Hall–Kier alpha value is 1.08. The first-order valence-electron chi connectivity index (χ1n) is 4.46. The van der Waals surface area contributed by atoms with E-state index in [0.29, 0.717) is 5.33 Å². The lowest BCUT2D eigenvalue weighted by Gasteiger charge is -2.24. The van der Waals surface area contributed by atoms with Crippen LogP contribution < -0.4 is 0 Å². The van der Waals surface area contributed by atoms with Crippen molar-refractivity contribution in [1.29, 1.82) is 0 Å². The molecule has 94 valence electrons. The number of alkyl halides is 4. The molecule has 1 nitrogen and oxygen atoms in total. The molecule has 0 unspecified atom stereocenters. The van der Waals surface area contributed by atoms with E-state index >= 15 is 0 Å². The minimum atomic E-state index is -1.23. The third-order valence-electron chi connectivity index (χ3n) is 1.97. The van der Waals surface area contributed by atoms with Gasteiger partial charge in [0.1, 0.15) is 5.60 Å². The van der Waals surface area contributed by atoms with Gasteiger partial charge in [0.25, 0.3) is 0 Å². The van der Waals surface area contributed by atoms with Crippen LogP contribution in [-0.2, 0) is 0 Å². The highest BCUT2D eigenvalue weighted by Gasteiger charge is 2.27. The number of aliphatic hydroxyl groups is 1. The first-order chi connectivity index (χ1) is 7.31. The maximum Gasteiger partial charge on any atom is 0.101 e. The second kappa shape index (κ2) is 7.50. The van der Waals surface area contributed by atoms with Crippen LogP contribution in [0.2, 0.25) is 0 Å². The average Bonchev–Trinajstić information content (AvgIpc) is 2.25. The van der Waals surface area contributed by atoms with E-state index in [1.54, 1.807) is 19.1 Å². The number of rotatable bonds is 6. The summed E-state index contributed by atoms with van der Waals surface area (Å²) in [5, 5.41) is 9.75. The van der Waals surface area contributed by atoms with Gasteiger partial charge in [-0.05, 0) is 13.0 Å². The minimum Gasteiger partial charge on any atom is -0.384 e. The number of allylic oxidation sites excluding steroid dienone is 1. The van der Waals surface area contributed by atoms with Gasteiger partial charge in [0.05, 0.1) is 10.3 Å². The van der Waals surface area contributed by atoms with Gasteiger partial charge in [-0.3, -0.25) is 0 Å². The summed E-state index contributed by atoms with van der Waals surface area (Å²) in [6.07, 6.45) is 4.68. The molecule has 0 bridgehead atoms. The first kappa shape index (κ1) is 17.1. The van der Waals surface area contributed by atoms with Crippen molar-refractivity contribution in [3.63, 3.8) is 0 Å². The van der Waals surface area contributed by atoms with E-state index in [1.807, 2.05) is 0 Å². The molecule has 0 radical (unpaired) electrons. The summed E-state index contributed by atoms with van der Waals surface area (Å²) in [6, 6.07) is 0. The molecular formula is C10H13BrCl4O. The van der Waals surface area contributed by atoms with Crippen LogP contribution in [0.5, 0.6) is 0 Å². The van der Waals surface area contributed by atoms with Crippen molar-refractivity contribution in [3.05, 3.63) is 23.8 Å². The van der Waals surface area contributed by atoms with Crippen molar-refractivity contribution >= 4 is 62.3 Å². The summed E-state index contributed by atoms with van der Waals surface area (Å²) >= 11 is 26.5. The van der Waals surface area contributed by atoms with E-state index in [-0.39, 0.29) is 5.88 Å². The van der Waals surface area contributed by atoms with Crippen molar-refractivity contribution in [3.8, 4) is 0 Å². The predicted octanol–water partition coefficient (Wildman–Crippen LogP) is 4.26. The molecule has 0 aromatic heterocycles. The van der Waals surface area contributed by atoms with E-state index in [1.165, 1.54) is 11.6 Å². The van der Waals surface area contributed by atoms with Gasteiger partial charge in [-0.25, -0.2) is 0 Å². The van der Waals surface area contributed by atoms with Gasteiger partial charge in [0, 0.05) is 16.7 Å². The number of halogens is 5. The molecule has 0 rings (SSSR count). The lowest BCUT2D eigenvalue weighted by atomic mass is 10.0. The molecule has 0 spiro atoms. The maximum absolute atomic E-state index is 9.88. The Bertz CT molecular complexity index is 262. The van der Waals surface area contributed by atoms with Crippen molar-refractivity contribution < 1.29 is 5.11 Å². The fourth-order valence-corrected chi connectivity index (χ4v) is 2.07. The SMILES string of the molecule is C[C@@](O)(/C=C/Cl)[C@H](Cl)/C=C/[C@@](Cl)(CCl)CBr. The molecule has 0 aromatic carbocycles. The van der Waals surface area contributed by atoms with Crippen LogP contribution in [0.15, 0.2) is 23.8 Å². The zero-order valence-electron chi connectivity index (χ0n) is 8.64. The molecule has 1 N–H and O–H groups in total. The Morgan fingerprint density at radius 2 is 2.00 bits per heavy atom. The number of hydrogen-bond acceptors (Lipinski definition) is 1. The molecule has 6 heteroatoms. The molecule has 16 heavy (non-hydrogen) atoms. The Kier molecular flexibility index (Phi) is 8.01. The molecule has 0 aliphatic rings. The van der Waals surface area contributed by atoms with Crippen LogP contribution in [0.1, 0.15) is 6.92 Å². The van der Waals surface area contributed by atoms with Gasteiger partial charge in [-0.2, -0.15) is 0 Å². The molecule has 0 aliphatic carbocycles. The molecule has 0 fully saturated rings. The van der Waals surface area contributed by atoms with Gasteiger partial charge in [-0.1, -0.05) is 39.7 Å². The first-order valence-corrected chi connectivity index (χ1v) is 7.36. The molecule has 0 heterocycles. The predicted molar refractivity (Wildman–Crippen MR) is 77.5 cm³/mol. The lowest BCUT2D eigenvalue weighted by Crippen LogP contribution is -2.32. The Morgan fingerprint density at radius 3 is 2.38 bits per heavy atom. The zero-order chi connectivity index (χ0) is 12.8. The fraction of sp³-hybridized carbons (Fsp3) is 0.600. The Balaban J connectivity index is 4.66. The van der Waals surface area contributed by atoms with Crippen LogP contribution >= 0.6 is 62.3 Å². The van der Waals surface area contributed by atoms with Crippen LogP contribution in [0.3, 0.4) is 0 Å². The van der Waals surface area contributed by atoms with E-state index in [4.69, 9.17) is 46.4 Å². The average molecular weight is 371 g/mol. The molecule has 3 atom stereocenters. The monoisotopic (exact) mass is 368 g/mol. The fourth-order valence-electron chi connectivity index (χ4n) is 0.796. The quantitative estimate of drug-likeness (QED) is 0.547. The highest BCUT2D eigenvalue weighted by molar-refractivity contribution is 9.09. The van der Waals surface area contributed by atoms with E-state index in [2.05, 4.69) is 15.9 Å². The zero-order valence-corrected chi connectivity index (χ0v) is 13.2. The Morgan fingerprint density at radius 1 is 1.44 bits per heavy atom. The largest absolute Gasteiger partial charge is 0.384 e. The summed E-state index contributed by atoms with van der Waals surface area (Å²) in [5.74, 6) is 0.243. The van der Waals surface area contributed by atoms with Gasteiger partial charge in [-0.15, -0.1) is 34.8 Å².